The number of thioether (sulfide) groups is 1. The van der Waals surface area contributed by atoms with Gasteiger partial charge in [0.15, 0.2) is 11.4 Å². The molecule has 134 valence electrons. The van der Waals surface area contributed by atoms with Crippen molar-refractivity contribution in [1.29, 1.82) is 0 Å². The first-order valence-corrected chi connectivity index (χ1v) is 8.88. The summed E-state index contributed by atoms with van der Waals surface area (Å²) < 4.78 is 7.58. The average Bonchev–Trinajstić information content (AvgIpc) is 3.14. The van der Waals surface area contributed by atoms with Crippen LogP contribution in [0.3, 0.4) is 0 Å². The number of carbonyl (C=O) groups excluding carboxylic acids is 1. The van der Waals surface area contributed by atoms with E-state index in [1.54, 1.807) is 6.08 Å². The van der Waals surface area contributed by atoms with Crippen molar-refractivity contribution in [2.75, 3.05) is 5.75 Å². The topological polar surface area (TPSA) is 91.2 Å². The van der Waals surface area contributed by atoms with Gasteiger partial charge in [0.05, 0.1) is 10.7 Å². The third kappa shape index (κ3) is 3.41. The van der Waals surface area contributed by atoms with E-state index in [9.17, 15) is 14.9 Å². The van der Waals surface area contributed by atoms with E-state index < -0.39 is 4.92 Å². The summed E-state index contributed by atoms with van der Waals surface area (Å²) in [4.78, 5) is 27.1. The summed E-state index contributed by atoms with van der Waals surface area (Å²) >= 11 is 1.17. The first-order chi connectivity index (χ1) is 12.4. The maximum atomic E-state index is 12.5. The smallest absolute Gasteiger partial charge is 0.271 e. The number of rotatable bonds is 7. The maximum absolute atomic E-state index is 12.5. The number of ketones is 1. The van der Waals surface area contributed by atoms with Crippen LogP contribution in [0.15, 0.2) is 46.6 Å². The van der Waals surface area contributed by atoms with Crippen LogP contribution >= 0.6 is 11.8 Å². The minimum atomic E-state index is -0.483. The average molecular weight is 371 g/mol. The van der Waals surface area contributed by atoms with E-state index in [2.05, 4.69) is 11.6 Å². The minimum absolute atomic E-state index is 0.0216. The summed E-state index contributed by atoms with van der Waals surface area (Å²) in [5.41, 5.74) is 3.39. The van der Waals surface area contributed by atoms with Crippen molar-refractivity contribution in [2.45, 2.75) is 25.6 Å². The molecule has 0 radical (unpaired) electrons. The molecule has 7 nitrogen and oxygen atoms in total. The Morgan fingerprint density at radius 2 is 2.19 bits per heavy atom. The Labute approximate surface area is 153 Å². The van der Waals surface area contributed by atoms with E-state index in [1.807, 2.05) is 24.5 Å². The molecule has 26 heavy (non-hydrogen) atoms. The van der Waals surface area contributed by atoms with Gasteiger partial charge in [0.25, 0.3) is 10.9 Å². The monoisotopic (exact) mass is 371 g/mol. The molecule has 0 aliphatic heterocycles. The molecule has 0 spiro atoms. The Kier molecular flexibility index (Phi) is 4.94. The molecule has 3 rings (SSSR count). The van der Waals surface area contributed by atoms with Gasteiger partial charge in [-0.15, -0.1) is 6.58 Å². The van der Waals surface area contributed by atoms with Gasteiger partial charge < -0.3 is 8.98 Å². The second kappa shape index (κ2) is 7.17. The van der Waals surface area contributed by atoms with Gasteiger partial charge in [-0.25, -0.2) is 4.98 Å². The number of Topliss-reactive ketones (excluding diaryl/α,β-unsaturated/α-hetero) is 1. The van der Waals surface area contributed by atoms with Crippen LogP contribution in [0, 0.1) is 24.0 Å². The Hall–Kier alpha value is -2.87. The zero-order valence-corrected chi connectivity index (χ0v) is 15.2. The van der Waals surface area contributed by atoms with E-state index in [-0.39, 0.29) is 17.2 Å². The van der Waals surface area contributed by atoms with E-state index in [0.717, 1.165) is 11.4 Å². The summed E-state index contributed by atoms with van der Waals surface area (Å²) in [6, 6.07) is 6.10. The lowest BCUT2D eigenvalue weighted by Crippen LogP contribution is -2.06. The molecule has 0 fully saturated rings. The van der Waals surface area contributed by atoms with Gasteiger partial charge in [0.1, 0.15) is 5.52 Å². The minimum Gasteiger partial charge on any atom is -0.431 e. The van der Waals surface area contributed by atoms with E-state index in [0.29, 0.717) is 28.4 Å². The number of nitrogens with zero attached hydrogens (tertiary/aromatic N) is 3. The van der Waals surface area contributed by atoms with Gasteiger partial charge in [-0.1, -0.05) is 17.8 Å². The molecule has 2 heterocycles. The summed E-state index contributed by atoms with van der Waals surface area (Å²) in [5, 5.41) is 11.1. The van der Waals surface area contributed by atoms with Gasteiger partial charge in [-0.05, 0) is 26.0 Å². The van der Waals surface area contributed by atoms with Crippen molar-refractivity contribution in [3.05, 3.63) is 64.0 Å². The number of benzene rings is 1. The van der Waals surface area contributed by atoms with Crippen LogP contribution in [0.2, 0.25) is 0 Å². The van der Waals surface area contributed by atoms with Crippen LogP contribution in [0.4, 0.5) is 5.69 Å². The van der Waals surface area contributed by atoms with E-state index in [1.165, 1.54) is 30.0 Å². The normalized spacial score (nSPS) is 11.0. The van der Waals surface area contributed by atoms with Gasteiger partial charge in [0, 0.05) is 35.6 Å². The molecular formula is C18H17N3O4S. The van der Waals surface area contributed by atoms with Crippen molar-refractivity contribution >= 4 is 34.3 Å². The SMILES string of the molecule is C=CCn1c(C)cc(C(=O)CSc2nc3cc([N+](=O)[O-])ccc3o2)c1C. The fraction of sp³-hybridized carbons (Fsp3) is 0.222. The molecule has 3 aromatic rings. The van der Waals surface area contributed by atoms with Crippen LogP contribution in [0.1, 0.15) is 21.7 Å². The third-order valence-electron chi connectivity index (χ3n) is 4.07. The molecular weight excluding hydrogens is 354 g/mol. The van der Waals surface area contributed by atoms with Gasteiger partial charge in [0.2, 0.25) is 0 Å². The fourth-order valence-electron chi connectivity index (χ4n) is 2.77. The maximum Gasteiger partial charge on any atom is 0.271 e. The summed E-state index contributed by atoms with van der Waals surface area (Å²) in [6.45, 7) is 8.25. The molecule has 0 amide bonds. The Bertz CT molecular complexity index is 1020. The number of aryl methyl sites for hydroxylation is 1. The number of carbonyl (C=O) groups is 1. The van der Waals surface area contributed by atoms with Crippen molar-refractivity contribution in [1.82, 2.24) is 9.55 Å². The van der Waals surface area contributed by atoms with Crippen molar-refractivity contribution < 1.29 is 14.1 Å². The molecule has 0 aliphatic rings. The number of nitro groups is 1. The fourth-order valence-corrected chi connectivity index (χ4v) is 3.49. The highest BCUT2D eigenvalue weighted by Crippen LogP contribution is 2.27. The number of oxazole rings is 1. The Balaban J connectivity index is 1.75. The number of nitro benzene ring substituents is 1. The predicted octanol–water partition coefficient (Wildman–Crippen LogP) is 4.32. The van der Waals surface area contributed by atoms with E-state index in [4.69, 9.17) is 4.42 Å². The zero-order valence-electron chi connectivity index (χ0n) is 14.4. The van der Waals surface area contributed by atoms with Crippen LogP contribution < -0.4 is 0 Å². The predicted molar refractivity (Wildman–Crippen MR) is 99.8 cm³/mol. The number of allylic oxidation sites excluding steroid dienone is 1. The highest BCUT2D eigenvalue weighted by Gasteiger charge is 2.17. The highest BCUT2D eigenvalue weighted by molar-refractivity contribution is 7.99. The van der Waals surface area contributed by atoms with E-state index >= 15 is 0 Å². The molecule has 2 aromatic heterocycles. The largest absolute Gasteiger partial charge is 0.431 e. The van der Waals surface area contributed by atoms with Gasteiger partial charge in [-0.3, -0.25) is 14.9 Å². The van der Waals surface area contributed by atoms with Gasteiger partial charge >= 0.3 is 0 Å². The molecule has 0 atom stereocenters. The molecule has 0 aliphatic carbocycles. The highest BCUT2D eigenvalue weighted by atomic mass is 32.2. The molecule has 0 unspecified atom stereocenters. The van der Waals surface area contributed by atoms with Crippen LogP contribution in [0.5, 0.6) is 0 Å². The van der Waals surface area contributed by atoms with Crippen LogP contribution in [0.25, 0.3) is 11.1 Å². The number of fused-ring (bicyclic) bond motifs is 1. The first-order valence-electron chi connectivity index (χ1n) is 7.89. The third-order valence-corrected chi connectivity index (χ3v) is 4.90. The van der Waals surface area contributed by atoms with Crippen molar-refractivity contribution in [3.63, 3.8) is 0 Å². The zero-order chi connectivity index (χ0) is 18.8. The summed E-state index contributed by atoms with van der Waals surface area (Å²) in [5.74, 6) is 0.152. The first kappa shape index (κ1) is 17.9. The lowest BCUT2D eigenvalue weighted by atomic mass is 10.2. The molecule has 0 saturated heterocycles. The molecule has 8 heteroatoms. The number of aromatic nitrogens is 2. The molecule has 0 N–H and O–H groups in total. The second-order valence-corrected chi connectivity index (χ2v) is 6.71. The standard InChI is InChI=1S/C18H17N3O4S/c1-4-7-20-11(2)8-14(12(20)3)16(22)10-26-18-19-15-9-13(21(23)24)5-6-17(15)25-18/h4-6,8-9H,1,7,10H2,2-3H3. The Morgan fingerprint density at radius 3 is 2.88 bits per heavy atom. The molecule has 0 bridgehead atoms. The van der Waals surface area contributed by atoms with Gasteiger partial charge in [-0.2, -0.15) is 0 Å². The lowest BCUT2D eigenvalue weighted by molar-refractivity contribution is -0.384. The lowest BCUT2D eigenvalue weighted by Gasteiger charge is -2.05. The van der Waals surface area contributed by atoms with Crippen molar-refractivity contribution in [2.24, 2.45) is 0 Å². The molecule has 1 aromatic carbocycles. The van der Waals surface area contributed by atoms with Crippen LogP contribution in [-0.4, -0.2) is 26.0 Å². The number of hydrogen-bond acceptors (Lipinski definition) is 6. The summed E-state index contributed by atoms with van der Waals surface area (Å²) in [7, 11) is 0. The second-order valence-electron chi connectivity index (χ2n) is 5.78. The Morgan fingerprint density at radius 1 is 1.42 bits per heavy atom. The number of non-ortho nitro benzene ring substituents is 1. The van der Waals surface area contributed by atoms with Crippen LogP contribution in [-0.2, 0) is 6.54 Å². The summed E-state index contributed by atoms with van der Waals surface area (Å²) in [6.07, 6.45) is 1.79. The quantitative estimate of drug-likeness (QED) is 0.202. The number of hydrogen-bond donors (Lipinski definition) is 0. The van der Waals surface area contributed by atoms with Crippen molar-refractivity contribution in [3.8, 4) is 0 Å². The molecule has 0 saturated carbocycles.